The van der Waals surface area contributed by atoms with E-state index >= 15 is 0 Å². The Kier molecular flexibility index (Phi) is 5.60. The smallest absolute Gasteiger partial charge is 0.119 e. The van der Waals surface area contributed by atoms with E-state index in [4.69, 9.17) is 10.00 Å². The van der Waals surface area contributed by atoms with Gasteiger partial charge in [0.1, 0.15) is 5.75 Å². The second-order valence-electron chi connectivity index (χ2n) is 4.66. The van der Waals surface area contributed by atoms with E-state index < -0.39 is 0 Å². The van der Waals surface area contributed by atoms with Gasteiger partial charge in [-0.15, -0.1) is 11.3 Å². The summed E-state index contributed by atoms with van der Waals surface area (Å²) < 4.78 is 5.66. The molecule has 0 unspecified atom stereocenters. The van der Waals surface area contributed by atoms with Crippen LogP contribution < -0.4 is 4.74 Å². The van der Waals surface area contributed by atoms with Crippen LogP contribution in [0.5, 0.6) is 5.75 Å². The van der Waals surface area contributed by atoms with Gasteiger partial charge in [-0.2, -0.15) is 5.26 Å². The zero-order valence-corrected chi connectivity index (χ0v) is 12.4. The van der Waals surface area contributed by atoms with Crippen LogP contribution in [-0.2, 0) is 6.54 Å². The number of hydrogen-bond acceptors (Lipinski definition) is 4. The lowest BCUT2D eigenvalue weighted by Crippen LogP contribution is -2.20. The van der Waals surface area contributed by atoms with Crippen LogP contribution in [0.1, 0.15) is 16.9 Å². The normalized spacial score (nSPS) is 10.4. The van der Waals surface area contributed by atoms with Gasteiger partial charge in [0, 0.05) is 18.0 Å². The van der Waals surface area contributed by atoms with E-state index in [2.05, 4.69) is 35.5 Å². The van der Waals surface area contributed by atoms with Gasteiger partial charge in [0.15, 0.2) is 0 Å². The summed E-state index contributed by atoms with van der Waals surface area (Å²) >= 11 is 1.79. The van der Waals surface area contributed by atoms with Gasteiger partial charge in [-0.05, 0) is 49.2 Å². The molecule has 0 N–H and O–H groups in total. The Balaban J connectivity index is 1.64. The summed E-state index contributed by atoms with van der Waals surface area (Å²) in [5, 5.41) is 10.8. The number of rotatable bonds is 7. The highest BCUT2D eigenvalue weighted by Crippen LogP contribution is 2.13. The van der Waals surface area contributed by atoms with E-state index in [1.165, 1.54) is 4.88 Å². The summed E-state index contributed by atoms with van der Waals surface area (Å²) in [7, 11) is 2.13. The number of ether oxygens (including phenoxy) is 1. The third-order valence-corrected chi connectivity index (χ3v) is 3.80. The third-order valence-electron chi connectivity index (χ3n) is 2.94. The Bertz CT molecular complexity index is 543. The van der Waals surface area contributed by atoms with E-state index in [9.17, 15) is 0 Å². The topological polar surface area (TPSA) is 36.3 Å². The first-order valence-corrected chi connectivity index (χ1v) is 7.50. The van der Waals surface area contributed by atoms with Gasteiger partial charge >= 0.3 is 0 Å². The standard InChI is InChI=1S/C16H18N2OS/c1-18(13-16-4-2-11-20-16)9-3-10-19-15-7-5-14(12-17)6-8-15/h2,4-8,11H,3,9-10,13H2,1H3. The van der Waals surface area contributed by atoms with Crippen molar-refractivity contribution in [3.8, 4) is 11.8 Å². The molecule has 0 spiro atoms. The molecule has 104 valence electrons. The van der Waals surface area contributed by atoms with Crippen LogP contribution in [0.2, 0.25) is 0 Å². The van der Waals surface area contributed by atoms with E-state index in [0.29, 0.717) is 12.2 Å². The Morgan fingerprint density at radius 2 is 2.05 bits per heavy atom. The van der Waals surface area contributed by atoms with Crippen LogP contribution in [0.4, 0.5) is 0 Å². The molecular formula is C16H18N2OS. The molecule has 2 aromatic rings. The summed E-state index contributed by atoms with van der Waals surface area (Å²) in [6.45, 7) is 2.70. The molecule has 0 bridgehead atoms. The fourth-order valence-electron chi connectivity index (χ4n) is 1.90. The molecule has 0 aliphatic heterocycles. The highest BCUT2D eigenvalue weighted by Gasteiger charge is 2.01. The molecule has 0 saturated carbocycles. The predicted octanol–water partition coefficient (Wildman–Crippen LogP) is 3.52. The van der Waals surface area contributed by atoms with Crippen molar-refractivity contribution in [1.82, 2.24) is 4.90 Å². The second-order valence-corrected chi connectivity index (χ2v) is 5.69. The van der Waals surface area contributed by atoms with Gasteiger partial charge in [0.2, 0.25) is 0 Å². The van der Waals surface area contributed by atoms with Crippen molar-refractivity contribution in [1.29, 1.82) is 5.26 Å². The summed E-state index contributed by atoms with van der Waals surface area (Å²) in [5.74, 6) is 0.824. The summed E-state index contributed by atoms with van der Waals surface area (Å²) in [4.78, 5) is 3.69. The lowest BCUT2D eigenvalue weighted by molar-refractivity contribution is 0.260. The largest absolute Gasteiger partial charge is 0.494 e. The van der Waals surface area contributed by atoms with Gasteiger partial charge in [0.25, 0.3) is 0 Å². The molecule has 0 saturated heterocycles. The van der Waals surface area contributed by atoms with E-state index in [1.807, 2.05) is 12.1 Å². The molecule has 0 fully saturated rings. The monoisotopic (exact) mass is 286 g/mol. The summed E-state index contributed by atoms with van der Waals surface area (Å²) in [6.07, 6.45) is 0.988. The van der Waals surface area contributed by atoms with Crippen molar-refractivity contribution in [2.24, 2.45) is 0 Å². The van der Waals surface area contributed by atoms with Crippen LogP contribution in [0.25, 0.3) is 0 Å². The van der Waals surface area contributed by atoms with Gasteiger partial charge in [-0.3, -0.25) is 0 Å². The molecule has 0 atom stereocenters. The van der Waals surface area contributed by atoms with Crippen LogP contribution in [-0.4, -0.2) is 25.1 Å². The molecule has 2 rings (SSSR count). The van der Waals surface area contributed by atoms with Crippen molar-refractivity contribution in [2.45, 2.75) is 13.0 Å². The number of nitriles is 1. The van der Waals surface area contributed by atoms with Gasteiger partial charge in [0.05, 0.1) is 18.2 Å². The fourth-order valence-corrected chi connectivity index (χ4v) is 2.68. The van der Waals surface area contributed by atoms with Crippen molar-refractivity contribution in [2.75, 3.05) is 20.2 Å². The minimum atomic E-state index is 0.660. The average molecular weight is 286 g/mol. The maximum Gasteiger partial charge on any atom is 0.119 e. The van der Waals surface area contributed by atoms with Crippen molar-refractivity contribution in [3.05, 3.63) is 52.2 Å². The lowest BCUT2D eigenvalue weighted by Gasteiger charge is -2.15. The molecule has 0 radical (unpaired) electrons. The maximum absolute atomic E-state index is 8.71. The number of nitrogens with zero attached hydrogens (tertiary/aromatic N) is 2. The molecule has 0 aliphatic rings. The lowest BCUT2D eigenvalue weighted by atomic mass is 10.2. The van der Waals surface area contributed by atoms with Gasteiger partial charge in [-0.25, -0.2) is 0 Å². The summed E-state index contributed by atoms with van der Waals surface area (Å²) in [6, 6.07) is 13.6. The van der Waals surface area contributed by atoms with Crippen LogP contribution in [0.3, 0.4) is 0 Å². The van der Waals surface area contributed by atoms with Crippen molar-refractivity contribution in [3.63, 3.8) is 0 Å². The van der Waals surface area contributed by atoms with Crippen LogP contribution in [0, 0.1) is 11.3 Å². The van der Waals surface area contributed by atoms with E-state index in [0.717, 1.165) is 25.3 Å². The summed E-state index contributed by atoms with van der Waals surface area (Å²) in [5.41, 5.74) is 0.660. The Morgan fingerprint density at radius 1 is 1.25 bits per heavy atom. The van der Waals surface area contributed by atoms with Crippen LogP contribution in [0.15, 0.2) is 41.8 Å². The zero-order valence-electron chi connectivity index (χ0n) is 11.6. The van der Waals surface area contributed by atoms with Crippen molar-refractivity contribution < 1.29 is 4.74 Å². The molecule has 0 aliphatic carbocycles. The Morgan fingerprint density at radius 3 is 2.70 bits per heavy atom. The fraction of sp³-hybridized carbons (Fsp3) is 0.312. The van der Waals surface area contributed by atoms with E-state index in [1.54, 1.807) is 23.5 Å². The molecule has 4 heteroatoms. The predicted molar refractivity (Wildman–Crippen MR) is 81.9 cm³/mol. The molecule has 1 aromatic carbocycles. The molecular weight excluding hydrogens is 268 g/mol. The highest BCUT2D eigenvalue weighted by atomic mass is 32.1. The Labute approximate surface area is 124 Å². The second kappa shape index (κ2) is 7.68. The highest BCUT2D eigenvalue weighted by molar-refractivity contribution is 7.09. The van der Waals surface area contributed by atoms with Gasteiger partial charge in [-0.1, -0.05) is 6.07 Å². The van der Waals surface area contributed by atoms with Crippen LogP contribution >= 0.6 is 11.3 Å². The third kappa shape index (κ3) is 4.69. The molecule has 0 amide bonds. The molecule has 20 heavy (non-hydrogen) atoms. The first kappa shape index (κ1) is 14.6. The number of thiophene rings is 1. The minimum Gasteiger partial charge on any atom is -0.494 e. The number of benzene rings is 1. The zero-order chi connectivity index (χ0) is 14.2. The maximum atomic E-state index is 8.71. The van der Waals surface area contributed by atoms with Crippen molar-refractivity contribution >= 4 is 11.3 Å². The minimum absolute atomic E-state index is 0.660. The molecule has 1 aromatic heterocycles. The van der Waals surface area contributed by atoms with Gasteiger partial charge < -0.3 is 9.64 Å². The quantitative estimate of drug-likeness (QED) is 0.731. The average Bonchev–Trinajstić information content (AvgIpc) is 2.97. The first-order chi connectivity index (χ1) is 9.78. The number of hydrogen-bond donors (Lipinski definition) is 0. The molecule has 3 nitrogen and oxygen atoms in total. The van der Waals surface area contributed by atoms with E-state index in [-0.39, 0.29) is 0 Å². The first-order valence-electron chi connectivity index (χ1n) is 6.62. The Hall–Kier alpha value is -1.83. The SMILES string of the molecule is CN(CCCOc1ccc(C#N)cc1)Cc1cccs1. The molecule has 1 heterocycles.